The number of halogens is 4. The lowest BCUT2D eigenvalue weighted by atomic mass is 9.83. The highest BCUT2D eigenvalue weighted by atomic mass is 35.5. The maximum Gasteiger partial charge on any atom is 0.389 e. The summed E-state index contributed by atoms with van der Waals surface area (Å²) in [5.41, 5.74) is 3.18. The SMILES string of the molecule is O=C1Nc2c(cccc2C2CC2)C(c2ccc(Cl)cc2)=NC1NC(=O)C(CCC(F)(F)F)C(CC1CC1)C(=O)O. The molecule has 2 aliphatic carbocycles. The Balaban J connectivity index is 1.49. The Kier molecular flexibility index (Phi) is 7.90. The van der Waals surface area contributed by atoms with Crippen molar-refractivity contribution >= 4 is 40.8 Å². The average molecular weight is 576 g/mol. The van der Waals surface area contributed by atoms with Crippen LogP contribution in [0.3, 0.4) is 0 Å². The monoisotopic (exact) mass is 575 g/mol. The van der Waals surface area contributed by atoms with Crippen LogP contribution in [0.25, 0.3) is 0 Å². The van der Waals surface area contributed by atoms with Crippen LogP contribution < -0.4 is 10.6 Å². The number of nitrogens with zero attached hydrogens (tertiary/aromatic N) is 1. The van der Waals surface area contributed by atoms with Crippen molar-refractivity contribution in [3.63, 3.8) is 0 Å². The normalized spacial score (nSPS) is 20.4. The number of hydrogen-bond donors (Lipinski definition) is 3. The molecule has 212 valence electrons. The minimum atomic E-state index is -4.57. The predicted octanol–water partition coefficient (Wildman–Crippen LogP) is 5.91. The number of nitrogens with one attached hydrogen (secondary N) is 2. The van der Waals surface area contributed by atoms with Gasteiger partial charge in [-0.05, 0) is 55.2 Å². The summed E-state index contributed by atoms with van der Waals surface area (Å²) in [7, 11) is 0. The molecule has 2 amide bonds. The summed E-state index contributed by atoms with van der Waals surface area (Å²) < 4.78 is 39.4. The van der Waals surface area contributed by atoms with Crippen LogP contribution in [0.4, 0.5) is 18.9 Å². The quantitative estimate of drug-likeness (QED) is 0.327. The molecule has 3 N–H and O–H groups in total. The van der Waals surface area contributed by atoms with Crippen molar-refractivity contribution in [1.29, 1.82) is 0 Å². The third-order valence-electron chi connectivity index (χ3n) is 7.68. The molecule has 3 unspecified atom stereocenters. The molecule has 2 aromatic carbocycles. The first-order chi connectivity index (χ1) is 19.0. The van der Waals surface area contributed by atoms with Crippen molar-refractivity contribution in [2.75, 3.05) is 5.32 Å². The third-order valence-corrected chi connectivity index (χ3v) is 7.94. The van der Waals surface area contributed by atoms with Crippen LogP contribution >= 0.6 is 11.6 Å². The number of rotatable bonds is 10. The number of para-hydroxylation sites is 1. The summed E-state index contributed by atoms with van der Waals surface area (Å²) in [6.45, 7) is 0. The van der Waals surface area contributed by atoms with Gasteiger partial charge >= 0.3 is 12.1 Å². The zero-order valence-corrected chi connectivity index (χ0v) is 22.3. The van der Waals surface area contributed by atoms with Crippen molar-refractivity contribution in [2.24, 2.45) is 22.7 Å². The number of carbonyl (C=O) groups is 3. The van der Waals surface area contributed by atoms with Gasteiger partial charge in [-0.2, -0.15) is 13.2 Å². The summed E-state index contributed by atoms with van der Waals surface area (Å²) in [5.74, 6) is -5.37. The van der Waals surface area contributed by atoms with Gasteiger partial charge in [0.2, 0.25) is 12.1 Å². The summed E-state index contributed by atoms with van der Waals surface area (Å²) in [5, 5.41) is 15.7. The van der Waals surface area contributed by atoms with Crippen molar-refractivity contribution < 1.29 is 32.7 Å². The Morgan fingerprint density at radius 3 is 2.38 bits per heavy atom. The molecule has 0 spiro atoms. The number of benzene rings is 2. The van der Waals surface area contributed by atoms with E-state index in [1.165, 1.54) is 0 Å². The molecular formula is C29H29ClF3N3O4. The minimum Gasteiger partial charge on any atom is -0.481 e. The van der Waals surface area contributed by atoms with Gasteiger partial charge in [-0.15, -0.1) is 0 Å². The number of aliphatic carboxylic acids is 1. The standard InChI is InChI=1S/C29H29ClF3N3O4/c30-18-10-8-17(9-11-18)23-21-3-1-2-19(16-6-7-16)24(21)35-27(38)25(34-23)36-26(37)20(12-13-29(31,32)33)22(28(39)40)14-15-4-5-15/h1-3,8-11,15-16,20,22,25H,4-7,12-14H2,(H,35,38)(H,36,37)(H,39,40). The van der Waals surface area contributed by atoms with Crippen LogP contribution in [0.1, 0.15) is 67.6 Å². The highest BCUT2D eigenvalue weighted by Crippen LogP contribution is 2.45. The van der Waals surface area contributed by atoms with Crippen LogP contribution in [-0.4, -0.2) is 40.9 Å². The molecule has 0 aromatic heterocycles. The van der Waals surface area contributed by atoms with Crippen molar-refractivity contribution in [2.45, 2.75) is 63.2 Å². The third kappa shape index (κ3) is 6.66. The maximum absolute atomic E-state index is 13.5. The van der Waals surface area contributed by atoms with Gasteiger partial charge in [0.25, 0.3) is 5.91 Å². The van der Waals surface area contributed by atoms with Gasteiger partial charge < -0.3 is 15.7 Å². The Bertz CT molecular complexity index is 1340. The van der Waals surface area contributed by atoms with Gasteiger partial charge in [-0.25, -0.2) is 4.99 Å². The van der Waals surface area contributed by atoms with Gasteiger partial charge in [-0.3, -0.25) is 14.4 Å². The zero-order chi connectivity index (χ0) is 28.6. The van der Waals surface area contributed by atoms with Crippen LogP contribution in [-0.2, 0) is 14.4 Å². The fourth-order valence-electron chi connectivity index (χ4n) is 5.25. The van der Waals surface area contributed by atoms with Crippen molar-refractivity contribution in [3.05, 3.63) is 64.2 Å². The lowest BCUT2D eigenvalue weighted by Crippen LogP contribution is -2.47. The molecule has 2 aromatic rings. The molecule has 5 rings (SSSR count). The topological polar surface area (TPSA) is 108 Å². The van der Waals surface area contributed by atoms with Gasteiger partial charge in [0.1, 0.15) is 0 Å². The molecule has 3 aliphatic rings. The number of carbonyl (C=O) groups excluding carboxylic acids is 2. The molecule has 2 saturated carbocycles. The van der Waals surface area contributed by atoms with Crippen molar-refractivity contribution in [3.8, 4) is 0 Å². The fraction of sp³-hybridized carbons (Fsp3) is 0.448. The molecule has 2 fully saturated rings. The Morgan fingerprint density at radius 2 is 1.77 bits per heavy atom. The Labute approximate surface area is 234 Å². The highest BCUT2D eigenvalue weighted by Gasteiger charge is 2.42. The number of carboxylic acids is 1. The number of fused-ring (bicyclic) bond motifs is 1. The second kappa shape index (κ2) is 11.2. The van der Waals surface area contributed by atoms with Gasteiger partial charge in [0.15, 0.2) is 0 Å². The van der Waals surface area contributed by atoms with Crippen LogP contribution in [0.5, 0.6) is 0 Å². The molecule has 7 nitrogen and oxygen atoms in total. The van der Waals surface area contributed by atoms with E-state index >= 15 is 0 Å². The molecule has 1 heterocycles. The zero-order valence-electron chi connectivity index (χ0n) is 21.5. The number of aliphatic imine (C=N–C) groups is 1. The van der Waals surface area contributed by atoms with Crippen LogP contribution in [0, 0.1) is 17.8 Å². The summed E-state index contributed by atoms with van der Waals surface area (Å²) in [6, 6.07) is 12.4. The summed E-state index contributed by atoms with van der Waals surface area (Å²) >= 11 is 6.08. The van der Waals surface area contributed by atoms with Gasteiger partial charge in [0.05, 0.1) is 23.2 Å². The first-order valence-electron chi connectivity index (χ1n) is 13.4. The lowest BCUT2D eigenvalue weighted by Gasteiger charge is -2.25. The fourth-order valence-corrected chi connectivity index (χ4v) is 5.38. The number of alkyl halides is 3. The Hall–Kier alpha value is -3.40. The van der Waals surface area contributed by atoms with E-state index in [2.05, 4.69) is 15.6 Å². The molecule has 3 atom stereocenters. The highest BCUT2D eigenvalue weighted by molar-refractivity contribution is 6.31. The van der Waals surface area contributed by atoms with E-state index < -0.39 is 54.8 Å². The molecule has 1 aliphatic heterocycles. The first kappa shape index (κ1) is 28.1. The van der Waals surface area contributed by atoms with E-state index in [1.807, 2.05) is 12.1 Å². The Morgan fingerprint density at radius 1 is 1.07 bits per heavy atom. The minimum absolute atomic E-state index is 0.0633. The molecule has 0 bridgehead atoms. The second-order valence-corrected chi connectivity index (χ2v) is 11.2. The molecule has 11 heteroatoms. The lowest BCUT2D eigenvalue weighted by molar-refractivity contribution is -0.154. The molecular weight excluding hydrogens is 547 g/mol. The summed E-state index contributed by atoms with van der Waals surface area (Å²) in [6.07, 6.45) is -4.46. The largest absolute Gasteiger partial charge is 0.481 e. The first-order valence-corrected chi connectivity index (χ1v) is 13.8. The number of anilines is 1. The van der Waals surface area contributed by atoms with E-state index in [1.54, 1.807) is 30.3 Å². The van der Waals surface area contributed by atoms with E-state index in [4.69, 9.17) is 11.6 Å². The number of hydrogen-bond acceptors (Lipinski definition) is 4. The predicted molar refractivity (Wildman–Crippen MR) is 143 cm³/mol. The molecule has 40 heavy (non-hydrogen) atoms. The van der Waals surface area contributed by atoms with Gasteiger partial charge in [-0.1, -0.05) is 54.8 Å². The smallest absolute Gasteiger partial charge is 0.389 e. The van der Waals surface area contributed by atoms with E-state index in [0.717, 1.165) is 31.2 Å². The number of amides is 2. The van der Waals surface area contributed by atoms with E-state index in [0.29, 0.717) is 27.5 Å². The van der Waals surface area contributed by atoms with Crippen LogP contribution in [0.2, 0.25) is 5.02 Å². The van der Waals surface area contributed by atoms with Crippen molar-refractivity contribution in [1.82, 2.24) is 5.32 Å². The maximum atomic E-state index is 13.5. The summed E-state index contributed by atoms with van der Waals surface area (Å²) in [4.78, 5) is 43.6. The number of carboxylic acid groups (broad SMARTS) is 1. The second-order valence-electron chi connectivity index (χ2n) is 10.8. The average Bonchev–Trinajstić information content (AvgIpc) is 3.80. The number of benzodiazepines with no additional fused rings is 1. The molecule has 0 radical (unpaired) electrons. The van der Waals surface area contributed by atoms with E-state index in [9.17, 15) is 32.7 Å². The van der Waals surface area contributed by atoms with Gasteiger partial charge in [0, 0.05) is 22.6 Å². The van der Waals surface area contributed by atoms with Crippen LogP contribution in [0.15, 0.2) is 47.5 Å². The molecule has 0 saturated heterocycles. The van der Waals surface area contributed by atoms with E-state index in [-0.39, 0.29) is 18.3 Å².